The first-order valence-electron chi connectivity index (χ1n) is 9.37. The van der Waals surface area contributed by atoms with E-state index in [0.717, 1.165) is 17.0 Å². The van der Waals surface area contributed by atoms with E-state index in [2.05, 4.69) is 18.0 Å². The Balaban J connectivity index is 1.46. The zero-order chi connectivity index (χ0) is 19.5. The number of carbonyl (C=O) groups excluding carboxylic acids is 1. The van der Waals surface area contributed by atoms with E-state index in [1.165, 1.54) is 12.3 Å². The van der Waals surface area contributed by atoms with Gasteiger partial charge < -0.3 is 9.32 Å². The van der Waals surface area contributed by atoms with Gasteiger partial charge in [0, 0.05) is 29.5 Å². The number of aromatic nitrogens is 1. The fourth-order valence-corrected chi connectivity index (χ4v) is 4.42. The molecule has 1 atom stereocenters. The fourth-order valence-electron chi connectivity index (χ4n) is 3.31. The minimum absolute atomic E-state index is 0.0489. The van der Waals surface area contributed by atoms with Crippen LogP contribution in [0.2, 0.25) is 0 Å². The Kier molecular flexibility index (Phi) is 5.48. The van der Waals surface area contributed by atoms with Crippen molar-refractivity contribution in [2.75, 3.05) is 11.4 Å². The molecule has 144 valence electrons. The molecule has 2 heterocycles. The summed E-state index contributed by atoms with van der Waals surface area (Å²) >= 11 is 1.81. The van der Waals surface area contributed by atoms with Gasteiger partial charge in [0.05, 0.1) is 17.4 Å². The highest BCUT2D eigenvalue weighted by atomic mass is 32.2. The number of rotatable bonds is 4. The Morgan fingerprint density at radius 1 is 1.25 bits per heavy atom. The molecule has 0 spiro atoms. The van der Waals surface area contributed by atoms with Gasteiger partial charge in [-0.3, -0.25) is 4.79 Å². The summed E-state index contributed by atoms with van der Waals surface area (Å²) in [5, 5.41) is 0.467. The molecule has 3 aromatic rings. The summed E-state index contributed by atoms with van der Waals surface area (Å²) in [5.74, 6) is 0.519. The van der Waals surface area contributed by atoms with E-state index >= 15 is 0 Å². The van der Waals surface area contributed by atoms with Gasteiger partial charge in [-0.25, -0.2) is 9.37 Å². The van der Waals surface area contributed by atoms with Crippen molar-refractivity contribution < 1.29 is 13.6 Å². The van der Waals surface area contributed by atoms with E-state index in [-0.39, 0.29) is 11.7 Å². The molecule has 4 rings (SSSR count). The molecular formula is C22H21FN2O2S. The van der Waals surface area contributed by atoms with Crippen molar-refractivity contribution in [1.29, 1.82) is 0 Å². The number of nitrogens with zero attached hydrogens (tertiary/aromatic N) is 2. The molecule has 0 bridgehead atoms. The molecule has 2 aromatic carbocycles. The summed E-state index contributed by atoms with van der Waals surface area (Å²) in [5.41, 5.74) is 1.35. The average molecular weight is 396 g/mol. The van der Waals surface area contributed by atoms with Crippen LogP contribution in [0, 0.1) is 5.82 Å². The molecule has 0 saturated heterocycles. The highest BCUT2D eigenvalue weighted by molar-refractivity contribution is 8.00. The predicted molar refractivity (Wildman–Crippen MR) is 109 cm³/mol. The molecular weight excluding hydrogens is 375 g/mol. The second kappa shape index (κ2) is 8.19. The Hall–Kier alpha value is -2.60. The number of thioether (sulfide) groups is 1. The molecule has 4 nitrogen and oxygen atoms in total. The molecule has 0 fully saturated rings. The third-order valence-corrected chi connectivity index (χ3v) is 6.03. The molecule has 28 heavy (non-hydrogen) atoms. The summed E-state index contributed by atoms with van der Waals surface area (Å²) in [6, 6.07) is 14.5. The van der Waals surface area contributed by atoms with Gasteiger partial charge in [-0.05, 0) is 30.7 Å². The Labute approximate surface area is 167 Å². The molecule has 1 aliphatic rings. The van der Waals surface area contributed by atoms with Crippen molar-refractivity contribution in [2.45, 2.75) is 36.3 Å². The number of amides is 1. The average Bonchev–Trinajstić information content (AvgIpc) is 3.09. The summed E-state index contributed by atoms with van der Waals surface area (Å²) in [6.45, 7) is 2.89. The van der Waals surface area contributed by atoms with Crippen molar-refractivity contribution in [3.8, 4) is 11.3 Å². The maximum atomic E-state index is 13.9. The number of para-hydroxylation sites is 1. The third-order valence-electron chi connectivity index (χ3n) is 4.79. The van der Waals surface area contributed by atoms with E-state index in [0.29, 0.717) is 41.9 Å². The quantitative estimate of drug-likeness (QED) is 0.598. The van der Waals surface area contributed by atoms with Gasteiger partial charge in [0.1, 0.15) is 5.82 Å². The van der Waals surface area contributed by atoms with Crippen LogP contribution >= 0.6 is 11.8 Å². The van der Waals surface area contributed by atoms with Gasteiger partial charge in [-0.2, -0.15) is 0 Å². The van der Waals surface area contributed by atoms with E-state index < -0.39 is 0 Å². The summed E-state index contributed by atoms with van der Waals surface area (Å²) < 4.78 is 19.6. The maximum Gasteiger partial charge on any atom is 0.227 e. The van der Waals surface area contributed by atoms with E-state index in [4.69, 9.17) is 4.42 Å². The number of carbonyl (C=O) groups is 1. The van der Waals surface area contributed by atoms with Crippen molar-refractivity contribution in [1.82, 2.24) is 4.98 Å². The molecule has 0 radical (unpaired) electrons. The van der Waals surface area contributed by atoms with Crippen LogP contribution in [0.15, 0.2) is 64.0 Å². The van der Waals surface area contributed by atoms with Crippen molar-refractivity contribution >= 4 is 23.4 Å². The van der Waals surface area contributed by atoms with Crippen LogP contribution < -0.4 is 4.90 Å². The number of fused-ring (bicyclic) bond motifs is 1. The van der Waals surface area contributed by atoms with Crippen molar-refractivity contribution in [3.05, 3.63) is 66.4 Å². The smallest absolute Gasteiger partial charge is 0.227 e. The van der Waals surface area contributed by atoms with Crippen molar-refractivity contribution in [3.63, 3.8) is 0 Å². The Bertz CT molecular complexity index is 988. The number of hydrogen-bond donors (Lipinski definition) is 0. The van der Waals surface area contributed by atoms with Gasteiger partial charge in [0.15, 0.2) is 11.7 Å². The molecule has 0 unspecified atom stereocenters. The Morgan fingerprint density at radius 2 is 2.04 bits per heavy atom. The number of hydrogen-bond acceptors (Lipinski definition) is 4. The summed E-state index contributed by atoms with van der Waals surface area (Å²) in [4.78, 5) is 20.1. The Morgan fingerprint density at radius 3 is 2.89 bits per heavy atom. The second-order valence-electron chi connectivity index (χ2n) is 6.83. The van der Waals surface area contributed by atoms with Crippen LogP contribution in [0.3, 0.4) is 0 Å². The fraction of sp³-hybridized carbons (Fsp3) is 0.273. The maximum absolute atomic E-state index is 13.9. The molecule has 0 saturated carbocycles. The molecule has 6 heteroatoms. The molecule has 1 aromatic heterocycles. The lowest BCUT2D eigenvalue weighted by molar-refractivity contribution is -0.118. The van der Waals surface area contributed by atoms with Crippen LogP contribution in [-0.2, 0) is 11.2 Å². The molecule has 0 aliphatic carbocycles. The first-order valence-corrected chi connectivity index (χ1v) is 10.3. The zero-order valence-electron chi connectivity index (χ0n) is 15.6. The van der Waals surface area contributed by atoms with Crippen LogP contribution in [0.4, 0.5) is 10.1 Å². The van der Waals surface area contributed by atoms with Crippen molar-refractivity contribution in [2.24, 2.45) is 0 Å². The van der Waals surface area contributed by atoms with E-state index in [1.807, 2.05) is 34.9 Å². The predicted octanol–water partition coefficient (Wildman–Crippen LogP) is 5.33. The summed E-state index contributed by atoms with van der Waals surface area (Å²) in [7, 11) is 0. The lowest BCUT2D eigenvalue weighted by atomic mass is 10.2. The molecule has 1 amide bonds. The first-order chi connectivity index (χ1) is 13.6. The minimum Gasteiger partial charge on any atom is -0.441 e. The zero-order valence-corrected chi connectivity index (χ0v) is 16.4. The first kappa shape index (κ1) is 18.7. The number of oxazole rings is 1. The highest BCUT2D eigenvalue weighted by Gasteiger charge is 2.24. The van der Waals surface area contributed by atoms with Gasteiger partial charge in [-0.15, -0.1) is 11.8 Å². The standard InChI is InChI=1S/C22H21FN2O2S/c1-15-12-13-25(18-8-4-5-9-20(18)28-15)22(26)11-10-21-24-14-19(27-21)16-6-2-3-7-17(16)23/h2-9,14-15H,10-13H2,1H3/t15-/m0/s1. The number of anilines is 1. The van der Waals surface area contributed by atoms with E-state index in [1.54, 1.807) is 18.2 Å². The minimum atomic E-state index is -0.353. The van der Waals surface area contributed by atoms with Gasteiger partial charge in [-0.1, -0.05) is 31.2 Å². The SMILES string of the molecule is C[C@H]1CCN(C(=O)CCc2ncc(-c3ccccc3F)o2)c2ccccc2S1. The largest absolute Gasteiger partial charge is 0.441 e. The topological polar surface area (TPSA) is 46.3 Å². The number of aryl methyl sites for hydroxylation is 1. The summed E-state index contributed by atoms with van der Waals surface area (Å²) in [6.07, 6.45) is 3.14. The van der Waals surface area contributed by atoms with Gasteiger partial charge in [0.2, 0.25) is 5.91 Å². The normalized spacial score (nSPS) is 16.5. The molecule has 0 N–H and O–H groups in total. The molecule has 1 aliphatic heterocycles. The third kappa shape index (κ3) is 3.97. The van der Waals surface area contributed by atoms with E-state index in [9.17, 15) is 9.18 Å². The van der Waals surface area contributed by atoms with Crippen LogP contribution in [0.5, 0.6) is 0 Å². The van der Waals surface area contributed by atoms with Gasteiger partial charge in [0.25, 0.3) is 0 Å². The van der Waals surface area contributed by atoms with Crippen LogP contribution in [0.25, 0.3) is 11.3 Å². The van der Waals surface area contributed by atoms with Crippen LogP contribution in [0.1, 0.15) is 25.7 Å². The highest BCUT2D eigenvalue weighted by Crippen LogP contribution is 2.37. The van der Waals surface area contributed by atoms with Crippen LogP contribution in [-0.4, -0.2) is 22.7 Å². The lowest BCUT2D eigenvalue weighted by Gasteiger charge is -2.22. The number of benzene rings is 2. The second-order valence-corrected chi connectivity index (χ2v) is 8.31. The monoisotopic (exact) mass is 396 g/mol. The van der Waals surface area contributed by atoms with Gasteiger partial charge >= 0.3 is 0 Å². The lowest BCUT2D eigenvalue weighted by Crippen LogP contribution is -2.32. The number of halogens is 1.